The van der Waals surface area contributed by atoms with Gasteiger partial charge < -0.3 is 43.1 Å². The van der Waals surface area contributed by atoms with Gasteiger partial charge in [-0.3, -0.25) is 4.57 Å². The van der Waals surface area contributed by atoms with E-state index in [-0.39, 0.29) is 24.2 Å². The number of thioether (sulfide) groups is 1. The number of fused-ring (bicyclic) bond motifs is 1. The van der Waals surface area contributed by atoms with E-state index in [0.717, 1.165) is 36.7 Å². The highest BCUT2D eigenvalue weighted by Crippen LogP contribution is 2.48. The molecule has 2 aromatic rings. The van der Waals surface area contributed by atoms with Crippen LogP contribution in [0.4, 0.5) is 5.82 Å². The van der Waals surface area contributed by atoms with Crippen molar-refractivity contribution in [3.63, 3.8) is 0 Å². The minimum absolute atomic E-state index is 0.101. The largest absolute Gasteiger partial charge is 0.378 e. The molecule has 262 valence electrons. The molecule has 2 aromatic heterocycles. The molecule has 5 rings (SSSR count). The standard InChI is InChI=1S/C30H45ClN5O9PS/c1-2-9-40-10-11-41-12-13-42-14-15-43-16-17-47-24-5-7-30(8-6-24)20-35(21-30)27-25-18-32-36(28(25)34-29(31)33-27)26-4-3-23(45-26)19-44-22-46(37,38)39/h1,18,23-24,26H,3-17,19-22H2,(H2,37,38,39). The lowest BCUT2D eigenvalue weighted by Crippen LogP contribution is -2.58. The van der Waals surface area contributed by atoms with Crippen LogP contribution in [0.2, 0.25) is 5.28 Å². The van der Waals surface area contributed by atoms with Crippen LogP contribution in [0.3, 0.4) is 0 Å². The molecule has 2 atom stereocenters. The van der Waals surface area contributed by atoms with E-state index in [4.69, 9.17) is 56.2 Å². The Hall–Kier alpha value is -1.54. The molecule has 0 bridgehead atoms. The fraction of sp³-hybridized carbons (Fsp3) is 0.767. The van der Waals surface area contributed by atoms with Crippen molar-refractivity contribution in [1.82, 2.24) is 19.7 Å². The fourth-order valence-electron chi connectivity index (χ4n) is 6.29. The maximum atomic E-state index is 11.1. The van der Waals surface area contributed by atoms with Crippen LogP contribution in [0.1, 0.15) is 44.8 Å². The summed E-state index contributed by atoms with van der Waals surface area (Å²) in [6.07, 6.45) is 11.7. The monoisotopic (exact) mass is 717 g/mol. The molecule has 0 aromatic carbocycles. The Morgan fingerprint density at radius 1 is 1.00 bits per heavy atom. The average Bonchev–Trinajstić information content (AvgIpc) is 3.66. The first-order valence-electron chi connectivity index (χ1n) is 16.0. The summed E-state index contributed by atoms with van der Waals surface area (Å²) >= 11 is 8.40. The van der Waals surface area contributed by atoms with E-state index in [1.165, 1.54) is 25.7 Å². The molecule has 2 aliphatic heterocycles. The molecule has 4 heterocycles. The number of terminal acetylenes is 1. The van der Waals surface area contributed by atoms with Crippen molar-refractivity contribution in [3.05, 3.63) is 11.5 Å². The number of halogens is 1. The van der Waals surface area contributed by atoms with Crippen molar-refractivity contribution in [1.29, 1.82) is 0 Å². The van der Waals surface area contributed by atoms with Gasteiger partial charge in [0.15, 0.2) is 11.9 Å². The third-order valence-electron chi connectivity index (χ3n) is 8.56. The molecule has 2 saturated heterocycles. The Labute approximate surface area is 284 Å². The fourth-order valence-corrected chi connectivity index (χ4v) is 7.91. The summed E-state index contributed by atoms with van der Waals surface area (Å²) in [7, 11) is -4.22. The van der Waals surface area contributed by atoms with Gasteiger partial charge in [-0.05, 0) is 50.1 Å². The zero-order valence-electron chi connectivity index (χ0n) is 26.5. The minimum Gasteiger partial charge on any atom is -0.378 e. The normalized spacial score (nSPS) is 21.4. The molecule has 47 heavy (non-hydrogen) atoms. The summed E-state index contributed by atoms with van der Waals surface area (Å²) in [5.74, 6) is 4.20. The molecule has 3 fully saturated rings. The molecule has 1 saturated carbocycles. The van der Waals surface area contributed by atoms with Crippen LogP contribution >= 0.6 is 31.0 Å². The average molecular weight is 718 g/mol. The first-order valence-corrected chi connectivity index (χ1v) is 19.3. The van der Waals surface area contributed by atoms with Gasteiger partial charge in [0, 0.05) is 29.5 Å². The van der Waals surface area contributed by atoms with Crippen molar-refractivity contribution in [2.75, 3.05) is 89.6 Å². The summed E-state index contributed by atoms with van der Waals surface area (Å²) in [4.78, 5) is 29.4. The van der Waals surface area contributed by atoms with E-state index in [1.807, 2.05) is 11.8 Å². The zero-order valence-corrected chi connectivity index (χ0v) is 29.0. The Morgan fingerprint density at radius 2 is 1.68 bits per heavy atom. The van der Waals surface area contributed by atoms with Crippen molar-refractivity contribution >= 4 is 47.8 Å². The van der Waals surface area contributed by atoms with Crippen LogP contribution in [0, 0.1) is 17.8 Å². The molecule has 0 amide bonds. The van der Waals surface area contributed by atoms with Gasteiger partial charge in [0.25, 0.3) is 0 Å². The third-order valence-corrected chi connectivity index (χ3v) is 10.6. The highest BCUT2D eigenvalue weighted by Gasteiger charge is 2.46. The lowest BCUT2D eigenvalue weighted by Gasteiger charge is -2.54. The quantitative estimate of drug-likeness (QED) is 0.0887. The summed E-state index contributed by atoms with van der Waals surface area (Å²) < 4.78 is 45.8. The molecule has 17 heteroatoms. The van der Waals surface area contributed by atoms with Crippen LogP contribution in [0.5, 0.6) is 0 Å². The van der Waals surface area contributed by atoms with E-state index in [0.29, 0.717) is 75.4 Å². The molecule has 2 unspecified atom stereocenters. The topological polar surface area (TPSA) is 160 Å². The van der Waals surface area contributed by atoms with Gasteiger partial charge in [0.1, 0.15) is 18.8 Å². The SMILES string of the molecule is C#CCOCCOCCOCCOCCSC1CCC2(CC1)CN(c1nc(Cl)nc3c1cnn3C1CCC(COCP(=O)(O)O)O1)C2. The molecule has 3 aliphatic rings. The van der Waals surface area contributed by atoms with Crippen LogP contribution in [0.25, 0.3) is 11.0 Å². The Kier molecular flexibility index (Phi) is 14.0. The molecular weight excluding hydrogens is 673 g/mol. The first kappa shape index (κ1) is 36.7. The van der Waals surface area contributed by atoms with Crippen molar-refractivity contribution < 1.29 is 42.8 Å². The van der Waals surface area contributed by atoms with E-state index < -0.39 is 13.9 Å². The van der Waals surface area contributed by atoms with E-state index >= 15 is 0 Å². The number of hydrogen-bond donors (Lipinski definition) is 2. The predicted molar refractivity (Wildman–Crippen MR) is 178 cm³/mol. The number of anilines is 1. The third kappa shape index (κ3) is 11.0. The zero-order chi connectivity index (χ0) is 33.1. The Balaban J connectivity index is 0.972. The van der Waals surface area contributed by atoms with Gasteiger partial charge in [0.2, 0.25) is 5.28 Å². The maximum Gasteiger partial charge on any atom is 0.350 e. The van der Waals surface area contributed by atoms with Crippen LogP contribution < -0.4 is 4.90 Å². The second-order valence-electron chi connectivity index (χ2n) is 12.1. The van der Waals surface area contributed by atoms with E-state index in [9.17, 15) is 4.57 Å². The Morgan fingerprint density at radius 3 is 2.36 bits per heavy atom. The minimum atomic E-state index is -4.22. The molecule has 1 spiro atoms. The van der Waals surface area contributed by atoms with Gasteiger partial charge in [-0.2, -0.15) is 26.8 Å². The first-order chi connectivity index (χ1) is 22.8. The lowest BCUT2D eigenvalue weighted by molar-refractivity contribution is -0.0391. The van der Waals surface area contributed by atoms with Gasteiger partial charge in [0.05, 0.1) is 70.5 Å². The summed E-state index contributed by atoms with van der Waals surface area (Å²) in [5, 5.41) is 6.23. The van der Waals surface area contributed by atoms with Gasteiger partial charge in [-0.25, -0.2) is 4.68 Å². The number of aromatic nitrogens is 4. The van der Waals surface area contributed by atoms with Crippen LogP contribution in [-0.2, 0) is 33.0 Å². The summed E-state index contributed by atoms with van der Waals surface area (Å²) in [6.45, 7) is 6.21. The van der Waals surface area contributed by atoms with Crippen molar-refractivity contribution in [3.8, 4) is 12.3 Å². The smallest absolute Gasteiger partial charge is 0.350 e. The number of rotatable bonds is 20. The highest BCUT2D eigenvalue weighted by atomic mass is 35.5. The maximum absolute atomic E-state index is 11.1. The van der Waals surface area contributed by atoms with Gasteiger partial charge in [-0.15, -0.1) is 6.42 Å². The summed E-state index contributed by atoms with van der Waals surface area (Å²) in [5.41, 5.74) is 0.918. The van der Waals surface area contributed by atoms with Crippen LogP contribution in [-0.4, -0.2) is 126 Å². The second kappa shape index (κ2) is 17.9. The molecule has 14 nitrogen and oxygen atoms in total. The van der Waals surface area contributed by atoms with Crippen molar-refractivity contribution in [2.24, 2.45) is 5.41 Å². The van der Waals surface area contributed by atoms with Crippen LogP contribution in [0.15, 0.2) is 6.20 Å². The lowest BCUT2D eigenvalue weighted by atomic mass is 9.68. The van der Waals surface area contributed by atoms with E-state index in [1.54, 1.807) is 10.9 Å². The highest BCUT2D eigenvalue weighted by molar-refractivity contribution is 7.99. The molecular formula is C30H45ClN5O9PS. The van der Waals surface area contributed by atoms with E-state index in [2.05, 4.69) is 25.9 Å². The molecule has 2 N–H and O–H groups in total. The second-order valence-corrected chi connectivity index (χ2v) is 15.5. The van der Waals surface area contributed by atoms with Crippen molar-refractivity contribution in [2.45, 2.75) is 56.1 Å². The summed E-state index contributed by atoms with van der Waals surface area (Å²) in [6, 6.07) is 0. The number of nitrogens with zero attached hydrogens (tertiary/aromatic N) is 5. The predicted octanol–water partition coefficient (Wildman–Crippen LogP) is 3.49. The van der Waals surface area contributed by atoms with Gasteiger partial charge >= 0.3 is 7.60 Å². The number of ether oxygens (including phenoxy) is 6. The Bertz CT molecular complexity index is 1360. The number of hydrogen-bond acceptors (Lipinski definition) is 12. The molecule has 0 radical (unpaired) electrons. The molecule has 1 aliphatic carbocycles. The van der Waals surface area contributed by atoms with Gasteiger partial charge in [-0.1, -0.05) is 5.92 Å².